The molecule has 8 heteroatoms. The van der Waals surface area contributed by atoms with Gasteiger partial charge >= 0.3 is 0 Å². The van der Waals surface area contributed by atoms with E-state index in [0.29, 0.717) is 26.6 Å². The lowest BCUT2D eigenvalue weighted by Gasteiger charge is -2.14. The summed E-state index contributed by atoms with van der Waals surface area (Å²) in [6.45, 7) is 1.93. The molecule has 0 aliphatic carbocycles. The second kappa shape index (κ2) is 9.80. The molecule has 0 aliphatic heterocycles. The van der Waals surface area contributed by atoms with E-state index in [1.807, 2.05) is 55.5 Å². The van der Waals surface area contributed by atoms with Crippen molar-refractivity contribution in [3.8, 4) is 5.69 Å². The summed E-state index contributed by atoms with van der Waals surface area (Å²) in [5.74, 6) is -0.284. The van der Waals surface area contributed by atoms with Crippen molar-refractivity contribution >= 4 is 46.4 Å². The number of nitrogens with one attached hydrogen (secondary N) is 1. The SMILES string of the molecule is Cc1ccccc1-n1c(SCC(=O)N/N=C/c2ccccc2Cl)nc2ccccc2c1=O. The monoisotopic (exact) mass is 462 g/mol. The van der Waals surface area contributed by atoms with Crippen LogP contribution in [-0.4, -0.2) is 27.4 Å². The van der Waals surface area contributed by atoms with Crippen molar-refractivity contribution in [2.24, 2.45) is 5.10 Å². The summed E-state index contributed by atoms with van der Waals surface area (Å²) in [6, 6.07) is 22.0. The third-order valence-electron chi connectivity index (χ3n) is 4.73. The van der Waals surface area contributed by atoms with Crippen LogP contribution in [0.4, 0.5) is 0 Å². The predicted molar refractivity (Wildman–Crippen MR) is 130 cm³/mol. The van der Waals surface area contributed by atoms with E-state index in [2.05, 4.69) is 15.5 Å². The topological polar surface area (TPSA) is 76.3 Å². The molecule has 1 aromatic heterocycles. The molecule has 1 amide bonds. The largest absolute Gasteiger partial charge is 0.272 e. The molecule has 0 aliphatic rings. The van der Waals surface area contributed by atoms with Gasteiger partial charge in [0.05, 0.1) is 28.6 Å². The molecule has 4 rings (SSSR count). The number of hydrogen-bond donors (Lipinski definition) is 1. The molecule has 160 valence electrons. The molecule has 3 aromatic carbocycles. The Balaban J connectivity index is 1.59. The van der Waals surface area contributed by atoms with Crippen molar-refractivity contribution in [3.05, 3.63) is 99.3 Å². The third-order valence-corrected chi connectivity index (χ3v) is 6.01. The fraction of sp³-hybridized carbons (Fsp3) is 0.0833. The number of carbonyl (C=O) groups is 1. The van der Waals surface area contributed by atoms with Crippen LogP contribution in [0.15, 0.2) is 87.8 Å². The first-order chi connectivity index (χ1) is 15.5. The summed E-state index contributed by atoms with van der Waals surface area (Å²) in [5.41, 5.74) is 5.26. The van der Waals surface area contributed by atoms with Gasteiger partial charge in [0.25, 0.3) is 11.5 Å². The van der Waals surface area contributed by atoms with Crippen LogP contribution in [0.1, 0.15) is 11.1 Å². The minimum absolute atomic E-state index is 0.0382. The van der Waals surface area contributed by atoms with Crippen LogP contribution in [0.3, 0.4) is 0 Å². The van der Waals surface area contributed by atoms with Crippen LogP contribution >= 0.6 is 23.4 Å². The third kappa shape index (κ3) is 4.74. The highest BCUT2D eigenvalue weighted by molar-refractivity contribution is 7.99. The van der Waals surface area contributed by atoms with Gasteiger partial charge in [-0.25, -0.2) is 10.4 Å². The molecule has 0 radical (unpaired) electrons. The first kappa shape index (κ1) is 21.8. The minimum atomic E-state index is -0.322. The van der Waals surface area contributed by atoms with E-state index in [4.69, 9.17) is 11.6 Å². The quantitative estimate of drug-likeness (QED) is 0.197. The first-order valence-electron chi connectivity index (χ1n) is 9.81. The van der Waals surface area contributed by atoms with Crippen molar-refractivity contribution < 1.29 is 4.79 Å². The maximum atomic E-state index is 13.3. The first-order valence-corrected chi connectivity index (χ1v) is 11.2. The Kier molecular flexibility index (Phi) is 6.68. The number of aromatic nitrogens is 2. The lowest BCUT2D eigenvalue weighted by atomic mass is 10.2. The van der Waals surface area contributed by atoms with Gasteiger partial charge in [-0.05, 0) is 36.8 Å². The number of hydrazone groups is 1. The lowest BCUT2D eigenvalue weighted by Crippen LogP contribution is -2.24. The number of benzene rings is 3. The van der Waals surface area contributed by atoms with Crippen molar-refractivity contribution in [2.45, 2.75) is 12.1 Å². The highest BCUT2D eigenvalue weighted by Gasteiger charge is 2.15. The van der Waals surface area contributed by atoms with Gasteiger partial charge in [-0.3, -0.25) is 14.2 Å². The van der Waals surface area contributed by atoms with E-state index >= 15 is 0 Å². The van der Waals surface area contributed by atoms with Crippen LogP contribution in [0.2, 0.25) is 5.02 Å². The molecule has 0 unspecified atom stereocenters. The number of halogens is 1. The van der Waals surface area contributed by atoms with Gasteiger partial charge in [0.2, 0.25) is 0 Å². The zero-order valence-corrected chi connectivity index (χ0v) is 18.7. The fourth-order valence-corrected chi connectivity index (χ4v) is 4.13. The second-order valence-electron chi connectivity index (χ2n) is 6.94. The number of nitrogens with zero attached hydrogens (tertiary/aromatic N) is 3. The number of amides is 1. The summed E-state index contributed by atoms with van der Waals surface area (Å²) in [6.07, 6.45) is 1.49. The van der Waals surface area contributed by atoms with Gasteiger partial charge in [0.1, 0.15) is 0 Å². The maximum Gasteiger partial charge on any atom is 0.266 e. The molecule has 6 nitrogen and oxygen atoms in total. The molecule has 4 aromatic rings. The van der Waals surface area contributed by atoms with Crippen LogP contribution in [-0.2, 0) is 4.79 Å². The van der Waals surface area contributed by atoms with Crippen molar-refractivity contribution in [3.63, 3.8) is 0 Å². The standard InChI is InChI=1S/C24H19ClN4O2S/c1-16-8-2-7-13-21(16)29-23(31)18-10-4-6-12-20(18)27-24(29)32-15-22(30)28-26-14-17-9-3-5-11-19(17)25/h2-14H,15H2,1H3,(H,28,30)/b26-14+. The number of carbonyl (C=O) groups excluding carboxylic acids is 1. The second-order valence-corrected chi connectivity index (χ2v) is 8.29. The maximum absolute atomic E-state index is 13.3. The average molecular weight is 463 g/mol. The molecule has 0 fully saturated rings. The highest BCUT2D eigenvalue weighted by Crippen LogP contribution is 2.23. The molecule has 0 atom stereocenters. The summed E-state index contributed by atoms with van der Waals surface area (Å²) in [7, 11) is 0. The average Bonchev–Trinajstić information content (AvgIpc) is 2.80. The number of para-hydroxylation sites is 2. The van der Waals surface area contributed by atoms with Gasteiger partial charge < -0.3 is 0 Å². The minimum Gasteiger partial charge on any atom is -0.272 e. The Bertz CT molecular complexity index is 1380. The van der Waals surface area contributed by atoms with Crippen LogP contribution in [0.5, 0.6) is 0 Å². The number of thioether (sulfide) groups is 1. The Morgan fingerprint density at radius 3 is 2.62 bits per heavy atom. The summed E-state index contributed by atoms with van der Waals surface area (Å²) < 4.78 is 1.56. The van der Waals surface area contributed by atoms with Gasteiger partial charge in [-0.15, -0.1) is 0 Å². The molecule has 0 saturated carbocycles. The van der Waals surface area contributed by atoms with Crippen LogP contribution in [0.25, 0.3) is 16.6 Å². The number of rotatable bonds is 6. The van der Waals surface area contributed by atoms with E-state index in [0.717, 1.165) is 11.3 Å². The smallest absolute Gasteiger partial charge is 0.266 e. The van der Waals surface area contributed by atoms with E-state index < -0.39 is 0 Å². The van der Waals surface area contributed by atoms with Crippen LogP contribution in [0, 0.1) is 6.92 Å². The molecule has 0 spiro atoms. The Hall–Kier alpha value is -3.42. The Morgan fingerprint density at radius 1 is 1.09 bits per heavy atom. The van der Waals surface area contributed by atoms with Gasteiger partial charge in [-0.2, -0.15) is 5.10 Å². The van der Waals surface area contributed by atoms with Crippen molar-refractivity contribution in [1.82, 2.24) is 15.0 Å². The molecule has 0 saturated heterocycles. The number of aryl methyl sites for hydroxylation is 1. The zero-order chi connectivity index (χ0) is 22.5. The molecular formula is C24H19ClN4O2S. The van der Waals surface area contributed by atoms with Crippen molar-refractivity contribution in [2.75, 3.05) is 5.75 Å². The van der Waals surface area contributed by atoms with E-state index in [1.165, 1.54) is 18.0 Å². The number of fused-ring (bicyclic) bond motifs is 1. The summed E-state index contributed by atoms with van der Waals surface area (Å²) in [4.78, 5) is 30.3. The zero-order valence-electron chi connectivity index (χ0n) is 17.2. The Morgan fingerprint density at radius 2 is 1.81 bits per heavy atom. The van der Waals surface area contributed by atoms with Gasteiger partial charge in [-0.1, -0.05) is 71.9 Å². The predicted octanol–water partition coefficient (Wildman–Crippen LogP) is 4.59. The van der Waals surface area contributed by atoms with Crippen molar-refractivity contribution in [1.29, 1.82) is 0 Å². The summed E-state index contributed by atoms with van der Waals surface area (Å²) >= 11 is 7.26. The number of hydrogen-bond acceptors (Lipinski definition) is 5. The van der Waals surface area contributed by atoms with Gasteiger partial charge in [0, 0.05) is 10.6 Å². The van der Waals surface area contributed by atoms with Gasteiger partial charge in [0.15, 0.2) is 5.16 Å². The fourth-order valence-electron chi connectivity index (χ4n) is 3.15. The summed E-state index contributed by atoms with van der Waals surface area (Å²) in [5, 5.41) is 5.47. The van der Waals surface area contributed by atoms with E-state index in [9.17, 15) is 9.59 Å². The van der Waals surface area contributed by atoms with E-state index in [-0.39, 0.29) is 17.2 Å². The lowest BCUT2D eigenvalue weighted by molar-refractivity contribution is -0.118. The van der Waals surface area contributed by atoms with Crippen LogP contribution < -0.4 is 11.0 Å². The molecule has 0 bridgehead atoms. The normalized spacial score (nSPS) is 11.2. The van der Waals surface area contributed by atoms with E-state index in [1.54, 1.807) is 28.8 Å². The highest BCUT2D eigenvalue weighted by atomic mass is 35.5. The molecular weight excluding hydrogens is 444 g/mol. The molecule has 1 N–H and O–H groups in total. The molecule has 32 heavy (non-hydrogen) atoms. The molecule has 1 heterocycles. The Labute approximate surface area is 194 Å².